The second kappa shape index (κ2) is 7.24. The second-order valence-corrected chi connectivity index (χ2v) is 4.58. The Labute approximate surface area is 128 Å². The van der Waals surface area contributed by atoms with E-state index in [1.165, 1.54) is 6.92 Å². The molecule has 0 saturated carbocycles. The Morgan fingerprint density at radius 1 is 0.909 bits per heavy atom. The first-order chi connectivity index (χ1) is 10.6. The van der Waals surface area contributed by atoms with Gasteiger partial charge in [0.25, 0.3) is 0 Å². The molecular weight excluding hydrogens is 282 g/mol. The standard InChI is InChI=1S/C16H17N3O3/c1-11(20)18-12-2-6-14(7-3-12)22-15-8-4-13(5-9-15)19-16(21)10-17/h2-9H,10,17H2,1H3,(H,18,20)(H,19,21). The maximum absolute atomic E-state index is 11.2. The van der Waals surface area contributed by atoms with Gasteiger partial charge in [-0.3, -0.25) is 9.59 Å². The van der Waals surface area contributed by atoms with E-state index in [9.17, 15) is 9.59 Å². The molecule has 2 aromatic rings. The lowest BCUT2D eigenvalue weighted by Crippen LogP contribution is -2.21. The van der Waals surface area contributed by atoms with Crippen LogP contribution in [0.15, 0.2) is 48.5 Å². The third-order valence-electron chi connectivity index (χ3n) is 2.73. The van der Waals surface area contributed by atoms with Gasteiger partial charge in [-0.05, 0) is 48.5 Å². The lowest BCUT2D eigenvalue weighted by Gasteiger charge is -2.08. The average molecular weight is 299 g/mol. The van der Waals surface area contributed by atoms with Crippen molar-refractivity contribution in [1.29, 1.82) is 0 Å². The molecule has 0 aliphatic heterocycles. The van der Waals surface area contributed by atoms with Gasteiger partial charge in [0, 0.05) is 18.3 Å². The van der Waals surface area contributed by atoms with Gasteiger partial charge < -0.3 is 21.1 Å². The summed E-state index contributed by atoms with van der Waals surface area (Å²) < 4.78 is 5.67. The van der Waals surface area contributed by atoms with Gasteiger partial charge in [0.2, 0.25) is 11.8 Å². The zero-order valence-electron chi connectivity index (χ0n) is 12.1. The normalized spacial score (nSPS) is 9.91. The van der Waals surface area contributed by atoms with E-state index in [4.69, 9.17) is 10.5 Å². The molecule has 2 rings (SSSR count). The summed E-state index contributed by atoms with van der Waals surface area (Å²) in [6.45, 7) is 1.40. The molecule has 114 valence electrons. The molecule has 2 aromatic carbocycles. The molecule has 0 aromatic heterocycles. The predicted molar refractivity (Wildman–Crippen MR) is 84.9 cm³/mol. The lowest BCUT2D eigenvalue weighted by atomic mass is 10.3. The molecule has 0 aliphatic carbocycles. The van der Waals surface area contributed by atoms with Crippen LogP contribution in [0, 0.1) is 0 Å². The van der Waals surface area contributed by atoms with Crippen molar-refractivity contribution >= 4 is 23.2 Å². The lowest BCUT2D eigenvalue weighted by molar-refractivity contribution is -0.115. The van der Waals surface area contributed by atoms with Crippen LogP contribution in [0.25, 0.3) is 0 Å². The Hall–Kier alpha value is -2.86. The van der Waals surface area contributed by atoms with Crippen LogP contribution in [0.1, 0.15) is 6.92 Å². The van der Waals surface area contributed by atoms with Crippen molar-refractivity contribution in [2.75, 3.05) is 17.2 Å². The number of anilines is 2. The van der Waals surface area contributed by atoms with Crippen molar-refractivity contribution in [3.05, 3.63) is 48.5 Å². The van der Waals surface area contributed by atoms with Crippen LogP contribution in [-0.4, -0.2) is 18.4 Å². The number of amides is 2. The summed E-state index contributed by atoms with van der Waals surface area (Å²) >= 11 is 0. The molecule has 0 radical (unpaired) electrons. The summed E-state index contributed by atoms with van der Waals surface area (Å²) in [5, 5.41) is 5.33. The highest BCUT2D eigenvalue weighted by atomic mass is 16.5. The highest BCUT2D eigenvalue weighted by Gasteiger charge is 2.01. The van der Waals surface area contributed by atoms with Crippen LogP contribution in [0.4, 0.5) is 11.4 Å². The molecule has 4 N–H and O–H groups in total. The fourth-order valence-electron chi connectivity index (χ4n) is 1.76. The molecule has 0 saturated heterocycles. The largest absolute Gasteiger partial charge is 0.457 e. The SMILES string of the molecule is CC(=O)Nc1ccc(Oc2ccc(NC(=O)CN)cc2)cc1. The molecule has 0 bridgehead atoms. The van der Waals surface area contributed by atoms with Crippen molar-refractivity contribution in [1.82, 2.24) is 0 Å². The van der Waals surface area contributed by atoms with Gasteiger partial charge in [0.15, 0.2) is 0 Å². The monoisotopic (exact) mass is 299 g/mol. The van der Waals surface area contributed by atoms with Crippen molar-refractivity contribution in [3.63, 3.8) is 0 Å². The maximum Gasteiger partial charge on any atom is 0.238 e. The van der Waals surface area contributed by atoms with Crippen molar-refractivity contribution in [3.8, 4) is 11.5 Å². The van der Waals surface area contributed by atoms with Gasteiger partial charge in [0.1, 0.15) is 11.5 Å². The van der Waals surface area contributed by atoms with Crippen LogP contribution < -0.4 is 21.1 Å². The van der Waals surface area contributed by atoms with Crippen LogP contribution in [-0.2, 0) is 9.59 Å². The van der Waals surface area contributed by atoms with E-state index in [0.29, 0.717) is 22.9 Å². The molecule has 22 heavy (non-hydrogen) atoms. The van der Waals surface area contributed by atoms with Crippen LogP contribution in [0.5, 0.6) is 11.5 Å². The second-order valence-electron chi connectivity index (χ2n) is 4.58. The minimum absolute atomic E-state index is 0.0566. The fourth-order valence-corrected chi connectivity index (χ4v) is 1.76. The molecule has 6 nitrogen and oxygen atoms in total. The predicted octanol–water partition coefficient (Wildman–Crippen LogP) is 2.33. The Kier molecular flexibility index (Phi) is 5.11. The van der Waals surface area contributed by atoms with Crippen molar-refractivity contribution < 1.29 is 14.3 Å². The van der Waals surface area contributed by atoms with E-state index in [0.717, 1.165) is 0 Å². The summed E-state index contributed by atoms with van der Waals surface area (Å²) in [5.41, 5.74) is 6.60. The number of carbonyl (C=O) groups is 2. The number of nitrogens with one attached hydrogen (secondary N) is 2. The Bertz CT molecular complexity index is 651. The number of hydrogen-bond donors (Lipinski definition) is 3. The number of hydrogen-bond acceptors (Lipinski definition) is 4. The summed E-state index contributed by atoms with van der Waals surface area (Å²) in [6.07, 6.45) is 0. The fraction of sp³-hybridized carbons (Fsp3) is 0.125. The smallest absolute Gasteiger partial charge is 0.238 e. The minimum atomic E-state index is -0.248. The molecule has 2 amide bonds. The summed E-state index contributed by atoms with van der Waals surface area (Å²) in [7, 11) is 0. The highest BCUT2D eigenvalue weighted by Crippen LogP contribution is 2.24. The Morgan fingerprint density at radius 2 is 1.36 bits per heavy atom. The van der Waals surface area contributed by atoms with Gasteiger partial charge in [-0.25, -0.2) is 0 Å². The molecule has 0 fully saturated rings. The zero-order valence-corrected chi connectivity index (χ0v) is 12.1. The summed E-state index contributed by atoms with van der Waals surface area (Å²) in [4.78, 5) is 22.1. The first kappa shape index (κ1) is 15.5. The maximum atomic E-state index is 11.2. The van der Waals surface area contributed by atoms with Gasteiger partial charge in [-0.2, -0.15) is 0 Å². The molecule has 0 spiro atoms. The molecule has 0 heterocycles. The topological polar surface area (TPSA) is 93.5 Å². The molecule has 6 heteroatoms. The van der Waals surface area contributed by atoms with Gasteiger partial charge in [0.05, 0.1) is 6.54 Å². The third kappa shape index (κ3) is 4.60. The summed E-state index contributed by atoms with van der Waals surface area (Å²) in [6, 6.07) is 14.0. The van der Waals surface area contributed by atoms with Crippen molar-refractivity contribution in [2.45, 2.75) is 6.92 Å². The van der Waals surface area contributed by atoms with E-state index in [1.54, 1.807) is 48.5 Å². The summed E-state index contributed by atoms with van der Waals surface area (Å²) in [5.74, 6) is 0.914. The Balaban J connectivity index is 1.98. The Morgan fingerprint density at radius 3 is 1.77 bits per heavy atom. The van der Waals surface area contributed by atoms with E-state index in [-0.39, 0.29) is 18.4 Å². The van der Waals surface area contributed by atoms with E-state index in [2.05, 4.69) is 10.6 Å². The number of benzene rings is 2. The molecule has 0 atom stereocenters. The van der Waals surface area contributed by atoms with Gasteiger partial charge in [-0.1, -0.05) is 0 Å². The van der Waals surface area contributed by atoms with E-state index >= 15 is 0 Å². The van der Waals surface area contributed by atoms with Crippen LogP contribution >= 0.6 is 0 Å². The van der Waals surface area contributed by atoms with Gasteiger partial charge in [-0.15, -0.1) is 0 Å². The molecular formula is C16H17N3O3. The highest BCUT2D eigenvalue weighted by molar-refractivity contribution is 5.92. The van der Waals surface area contributed by atoms with E-state index < -0.39 is 0 Å². The van der Waals surface area contributed by atoms with Crippen LogP contribution in [0.2, 0.25) is 0 Å². The molecule has 0 aliphatic rings. The first-order valence-corrected chi connectivity index (χ1v) is 6.72. The number of carbonyl (C=O) groups excluding carboxylic acids is 2. The van der Waals surface area contributed by atoms with Crippen molar-refractivity contribution in [2.24, 2.45) is 5.73 Å². The zero-order chi connectivity index (χ0) is 15.9. The molecule has 0 unspecified atom stereocenters. The number of nitrogens with two attached hydrogens (primary N) is 1. The van der Waals surface area contributed by atoms with E-state index in [1.807, 2.05) is 0 Å². The number of rotatable bonds is 5. The van der Waals surface area contributed by atoms with Crippen LogP contribution in [0.3, 0.4) is 0 Å². The average Bonchev–Trinajstić information content (AvgIpc) is 2.50. The minimum Gasteiger partial charge on any atom is -0.457 e. The third-order valence-corrected chi connectivity index (χ3v) is 2.73. The quantitative estimate of drug-likeness (QED) is 0.790. The first-order valence-electron chi connectivity index (χ1n) is 6.72. The van der Waals surface area contributed by atoms with Gasteiger partial charge >= 0.3 is 0 Å². The number of ether oxygens (including phenoxy) is 1.